The third kappa shape index (κ3) is 6.61. The van der Waals surface area contributed by atoms with Gasteiger partial charge in [-0.25, -0.2) is 4.39 Å². The van der Waals surface area contributed by atoms with Crippen molar-refractivity contribution < 1.29 is 18.7 Å². The van der Waals surface area contributed by atoms with Crippen LogP contribution in [0.5, 0.6) is 5.75 Å². The molecule has 0 heterocycles. The van der Waals surface area contributed by atoms with E-state index in [2.05, 4.69) is 5.32 Å². The van der Waals surface area contributed by atoms with Gasteiger partial charge in [0.2, 0.25) is 5.91 Å². The molecule has 0 radical (unpaired) electrons. The minimum Gasteiger partial charge on any atom is -0.481 e. The Morgan fingerprint density at radius 1 is 1.17 bits per heavy atom. The van der Waals surface area contributed by atoms with E-state index in [9.17, 15) is 14.0 Å². The quantitative estimate of drug-likeness (QED) is 0.589. The van der Waals surface area contributed by atoms with Crippen LogP contribution >= 0.6 is 23.2 Å². The molecule has 2 aromatic rings. The molecule has 2 amide bonds. The molecular formula is C22H25Cl2FN2O3. The van der Waals surface area contributed by atoms with E-state index < -0.39 is 24.4 Å². The molecule has 30 heavy (non-hydrogen) atoms. The maximum absolute atomic E-state index is 13.8. The van der Waals surface area contributed by atoms with E-state index >= 15 is 0 Å². The van der Waals surface area contributed by atoms with Gasteiger partial charge in [0.1, 0.15) is 6.04 Å². The van der Waals surface area contributed by atoms with Gasteiger partial charge in [-0.1, -0.05) is 48.3 Å². The Hall–Kier alpha value is -2.31. The van der Waals surface area contributed by atoms with Crippen LogP contribution in [0.3, 0.4) is 0 Å². The summed E-state index contributed by atoms with van der Waals surface area (Å²) < 4.78 is 19.2. The second-order valence-corrected chi connectivity index (χ2v) is 7.91. The molecule has 0 aliphatic rings. The standard InChI is InChI=1S/C22H25Cl2FN2O3/c1-4-19(22(29)26-14(2)3)27(12-15-9-10-16(23)11-17(15)24)21(28)13-30-20-8-6-5-7-18(20)25/h5-11,14,19H,4,12-13H2,1-3H3,(H,26,29)/t19-/m0/s1. The Labute approximate surface area is 186 Å². The Morgan fingerprint density at radius 2 is 1.87 bits per heavy atom. The number of nitrogens with zero attached hydrogens (tertiary/aromatic N) is 1. The minimum atomic E-state index is -0.740. The van der Waals surface area contributed by atoms with Gasteiger partial charge in [-0.15, -0.1) is 0 Å². The van der Waals surface area contributed by atoms with Crippen LogP contribution in [0.1, 0.15) is 32.8 Å². The Kier molecular flexibility index (Phi) is 8.93. The lowest BCUT2D eigenvalue weighted by atomic mass is 10.1. The molecule has 0 saturated carbocycles. The van der Waals surface area contributed by atoms with Gasteiger partial charge in [-0.05, 0) is 50.1 Å². The molecule has 0 fully saturated rings. The molecule has 0 aromatic heterocycles. The highest BCUT2D eigenvalue weighted by atomic mass is 35.5. The highest BCUT2D eigenvalue weighted by Crippen LogP contribution is 2.24. The maximum atomic E-state index is 13.8. The summed E-state index contributed by atoms with van der Waals surface area (Å²) in [5.74, 6) is -1.34. The van der Waals surface area contributed by atoms with Crippen molar-refractivity contribution in [3.8, 4) is 5.75 Å². The zero-order valence-electron chi connectivity index (χ0n) is 17.1. The number of hydrogen-bond donors (Lipinski definition) is 1. The summed E-state index contributed by atoms with van der Waals surface area (Å²) in [5.41, 5.74) is 0.635. The van der Waals surface area contributed by atoms with Crippen molar-refractivity contribution in [2.45, 2.75) is 45.8 Å². The molecule has 1 atom stereocenters. The van der Waals surface area contributed by atoms with Crippen molar-refractivity contribution >= 4 is 35.0 Å². The van der Waals surface area contributed by atoms with Gasteiger partial charge in [0.05, 0.1) is 0 Å². The largest absolute Gasteiger partial charge is 0.481 e. The van der Waals surface area contributed by atoms with E-state index in [0.717, 1.165) is 0 Å². The average molecular weight is 455 g/mol. The van der Waals surface area contributed by atoms with E-state index in [1.807, 2.05) is 20.8 Å². The normalized spacial score (nSPS) is 11.8. The van der Waals surface area contributed by atoms with Crippen LogP contribution in [0.4, 0.5) is 4.39 Å². The summed E-state index contributed by atoms with van der Waals surface area (Å²) in [6.45, 7) is 5.16. The summed E-state index contributed by atoms with van der Waals surface area (Å²) in [7, 11) is 0. The molecule has 0 bridgehead atoms. The Balaban J connectivity index is 2.27. The number of para-hydroxylation sites is 1. The molecular weight excluding hydrogens is 430 g/mol. The smallest absolute Gasteiger partial charge is 0.261 e. The Bertz CT molecular complexity index is 892. The molecule has 2 rings (SSSR count). The van der Waals surface area contributed by atoms with E-state index in [4.69, 9.17) is 27.9 Å². The van der Waals surface area contributed by atoms with Crippen molar-refractivity contribution in [2.24, 2.45) is 0 Å². The van der Waals surface area contributed by atoms with Gasteiger partial charge in [-0.3, -0.25) is 9.59 Å². The molecule has 1 N–H and O–H groups in total. The molecule has 0 spiro atoms. The molecule has 162 valence electrons. The molecule has 0 unspecified atom stereocenters. The van der Waals surface area contributed by atoms with Gasteiger partial charge >= 0.3 is 0 Å². The van der Waals surface area contributed by atoms with Gasteiger partial charge in [0, 0.05) is 22.6 Å². The maximum Gasteiger partial charge on any atom is 0.261 e. The number of ether oxygens (including phenoxy) is 1. The van der Waals surface area contributed by atoms with Gasteiger partial charge in [-0.2, -0.15) is 0 Å². The fourth-order valence-corrected chi connectivity index (χ4v) is 3.39. The van der Waals surface area contributed by atoms with Crippen LogP contribution in [0.25, 0.3) is 0 Å². The second kappa shape index (κ2) is 11.2. The molecule has 0 saturated heterocycles. The third-order valence-corrected chi connectivity index (χ3v) is 4.95. The lowest BCUT2D eigenvalue weighted by molar-refractivity contribution is -0.143. The lowest BCUT2D eigenvalue weighted by Gasteiger charge is -2.31. The number of halogens is 3. The monoisotopic (exact) mass is 454 g/mol. The molecule has 2 aromatic carbocycles. The van der Waals surface area contributed by atoms with Gasteiger partial charge in [0.25, 0.3) is 5.91 Å². The van der Waals surface area contributed by atoms with Crippen molar-refractivity contribution in [1.29, 1.82) is 0 Å². The fourth-order valence-electron chi connectivity index (χ4n) is 2.92. The van der Waals surface area contributed by atoms with Crippen LogP contribution in [0.15, 0.2) is 42.5 Å². The predicted octanol–water partition coefficient (Wildman–Crippen LogP) is 4.84. The summed E-state index contributed by atoms with van der Waals surface area (Å²) in [5, 5.41) is 3.68. The molecule has 0 aliphatic carbocycles. The molecule has 8 heteroatoms. The fraction of sp³-hybridized carbons (Fsp3) is 0.364. The third-order valence-electron chi connectivity index (χ3n) is 4.36. The van der Waals surface area contributed by atoms with Crippen LogP contribution in [0, 0.1) is 5.82 Å². The Morgan fingerprint density at radius 3 is 2.47 bits per heavy atom. The van der Waals surface area contributed by atoms with E-state index in [1.165, 1.54) is 23.1 Å². The summed E-state index contributed by atoms with van der Waals surface area (Å²) in [6.07, 6.45) is 0.384. The first-order chi connectivity index (χ1) is 14.2. The predicted molar refractivity (Wildman–Crippen MR) is 116 cm³/mol. The summed E-state index contributed by atoms with van der Waals surface area (Å²) in [6, 6.07) is 9.94. The molecule has 5 nitrogen and oxygen atoms in total. The van der Waals surface area contributed by atoms with Gasteiger partial charge < -0.3 is 15.0 Å². The van der Waals surface area contributed by atoms with Gasteiger partial charge in [0.15, 0.2) is 18.2 Å². The number of benzene rings is 2. The number of amides is 2. The van der Waals surface area contributed by atoms with E-state index in [0.29, 0.717) is 22.0 Å². The van der Waals surface area contributed by atoms with E-state index in [1.54, 1.807) is 24.3 Å². The topological polar surface area (TPSA) is 58.6 Å². The number of hydrogen-bond acceptors (Lipinski definition) is 3. The SMILES string of the molecule is CC[C@@H](C(=O)NC(C)C)N(Cc1ccc(Cl)cc1Cl)C(=O)COc1ccccc1F. The van der Waals surface area contributed by atoms with Crippen molar-refractivity contribution in [2.75, 3.05) is 6.61 Å². The average Bonchev–Trinajstić information content (AvgIpc) is 2.68. The van der Waals surface area contributed by atoms with Crippen LogP contribution in [-0.2, 0) is 16.1 Å². The zero-order chi connectivity index (χ0) is 22.3. The second-order valence-electron chi connectivity index (χ2n) is 7.06. The van der Waals surface area contributed by atoms with Crippen molar-refractivity contribution in [3.05, 3.63) is 63.9 Å². The minimum absolute atomic E-state index is 0.0324. The number of nitrogens with one attached hydrogen (secondary N) is 1. The zero-order valence-corrected chi connectivity index (χ0v) is 18.6. The van der Waals surface area contributed by atoms with Crippen LogP contribution < -0.4 is 10.1 Å². The highest BCUT2D eigenvalue weighted by molar-refractivity contribution is 6.35. The number of carbonyl (C=O) groups excluding carboxylic acids is 2. The first kappa shape index (κ1) is 24.0. The number of rotatable bonds is 9. The lowest BCUT2D eigenvalue weighted by Crippen LogP contribution is -2.51. The summed E-state index contributed by atoms with van der Waals surface area (Å²) >= 11 is 12.2. The first-order valence-corrected chi connectivity index (χ1v) is 10.4. The molecule has 0 aliphatic heterocycles. The van der Waals surface area contributed by atoms with E-state index in [-0.39, 0.29) is 24.2 Å². The van der Waals surface area contributed by atoms with Crippen LogP contribution in [0.2, 0.25) is 10.0 Å². The first-order valence-electron chi connectivity index (χ1n) is 9.64. The highest BCUT2D eigenvalue weighted by Gasteiger charge is 2.30. The van der Waals surface area contributed by atoms with Crippen LogP contribution in [-0.4, -0.2) is 35.4 Å². The number of carbonyl (C=O) groups is 2. The summed E-state index contributed by atoms with van der Waals surface area (Å²) in [4.78, 5) is 27.2. The van der Waals surface area contributed by atoms with Crippen molar-refractivity contribution in [1.82, 2.24) is 10.2 Å². The van der Waals surface area contributed by atoms with Crippen molar-refractivity contribution in [3.63, 3.8) is 0 Å².